The van der Waals surface area contributed by atoms with E-state index in [1.54, 1.807) is 4.57 Å². The van der Waals surface area contributed by atoms with E-state index in [0.717, 1.165) is 21.2 Å². The fraction of sp³-hybridized carbons (Fsp3) is 0. The van der Waals surface area contributed by atoms with Crippen LogP contribution in [-0.4, -0.2) is 8.97 Å². The number of para-hydroxylation sites is 1. The second kappa shape index (κ2) is 4.60. The zero-order chi connectivity index (χ0) is 14.4. The Bertz CT molecular complexity index is 1020. The molecular weight excluding hydrogens is 328 g/mol. The molecule has 4 rings (SSSR count). The summed E-state index contributed by atoms with van der Waals surface area (Å²) in [4.78, 5) is 12.8. The van der Waals surface area contributed by atoms with E-state index in [2.05, 4.69) is 15.9 Å². The zero-order valence-electron chi connectivity index (χ0n) is 11.0. The number of fused-ring (bicyclic) bond motifs is 3. The highest BCUT2D eigenvalue weighted by atomic mass is 79.9. The largest absolute Gasteiger partial charge is 0.310 e. The van der Waals surface area contributed by atoms with Crippen LogP contribution in [0.25, 0.3) is 22.2 Å². The molecule has 0 spiro atoms. The van der Waals surface area contributed by atoms with Crippen molar-refractivity contribution in [3.05, 3.63) is 81.7 Å². The molecule has 4 heteroatoms. The molecule has 2 heterocycles. The zero-order valence-corrected chi connectivity index (χ0v) is 12.6. The van der Waals surface area contributed by atoms with Crippen molar-refractivity contribution < 1.29 is 0 Å². The Balaban J connectivity index is 2.28. The van der Waals surface area contributed by atoms with E-state index >= 15 is 0 Å². The minimum Gasteiger partial charge on any atom is -0.310 e. The van der Waals surface area contributed by atoms with Gasteiger partial charge in [-0.15, -0.1) is 0 Å². The van der Waals surface area contributed by atoms with Crippen molar-refractivity contribution in [2.24, 2.45) is 0 Å². The number of benzene rings is 2. The third-order valence-corrected chi connectivity index (χ3v) is 4.12. The first-order valence-corrected chi connectivity index (χ1v) is 7.42. The number of halogens is 1. The van der Waals surface area contributed by atoms with E-state index in [0.29, 0.717) is 5.52 Å². The molecule has 0 bridgehead atoms. The predicted molar refractivity (Wildman–Crippen MR) is 88.2 cm³/mol. The van der Waals surface area contributed by atoms with Crippen LogP contribution in [0, 0.1) is 0 Å². The lowest BCUT2D eigenvalue weighted by Crippen LogP contribution is -2.21. The SMILES string of the molecule is O=c1c2cccn2c2cc(Br)ccc2n1-c1ccccc1. The van der Waals surface area contributed by atoms with E-state index in [1.165, 1.54) is 0 Å². The van der Waals surface area contributed by atoms with E-state index in [1.807, 2.05) is 71.3 Å². The molecule has 0 N–H and O–H groups in total. The highest BCUT2D eigenvalue weighted by Gasteiger charge is 2.11. The van der Waals surface area contributed by atoms with Crippen LogP contribution >= 0.6 is 15.9 Å². The van der Waals surface area contributed by atoms with Gasteiger partial charge in [-0.3, -0.25) is 9.36 Å². The van der Waals surface area contributed by atoms with Gasteiger partial charge in [0.05, 0.1) is 11.0 Å². The molecule has 4 aromatic rings. The van der Waals surface area contributed by atoms with Crippen molar-refractivity contribution in [2.45, 2.75) is 0 Å². The Morgan fingerprint density at radius 1 is 0.810 bits per heavy atom. The van der Waals surface area contributed by atoms with Crippen LogP contribution in [0.15, 0.2) is 76.1 Å². The first-order chi connectivity index (χ1) is 10.3. The normalized spacial score (nSPS) is 11.3. The number of nitrogens with zero attached hydrogens (tertiary/aromatic N) is 2. The average molecular weight is 339 g/mol. The topological polar surface area (TPSA) is 26.4 Å². The van der Waals surface area contributed by atoms with Gasteiger partial charge in [-0.05, 0) is 42.5 Å². The Kier molecular flexibility index (Phi) is 2.72. The smallest absolute Gasteiger partial charge is 0.279 e. The molecule has 0 unspecified atom stereocenters. The van der Waals surface area contributed by atoms with Crippen LogP contribution in [0.1, 0.15) is 0 Å². The monoisotopic (exact) mass is 338 g/mol. The van der Waals surface area contributed by atoms with E-state index < -0.39 is 0 Å². The maximum absolute atomic E-state index is 12.8. The number of hydrogen-bond acceptors (Lipinski definition) is 1. The number of aromatic nitrogens is 2. The van der Waals surface area contributed by atoms with Crippen molar-refractivity contribution >= 4 is 32.5 Å². The lowest BCUT2D eigenvalue weighted by atomic mass is 10.2. The van der Waals surface area contributed by atoms with Gasteiger partial charge in [0.25, 0.3) is 5.56 Å². The van der Waals surface area contributed by atoms with Gasteiger partial charge >= 0.3 is 0 Å². The lowest BCUT2D eigenvalue weighted by Gasteiger charge is -2.13. The van der Waals surface area contributed by atoms with Crippen molar-refractivity contribution in [1.82, 2.24) is 8.97 Å². The molecule has 3 nitrogen and oxygen atoms in total. The number of rotatable bonds is 1. The maximum Gasteiger partial charge on any atom is 0.279 e. The quantitative estimate of drug-likeness (QED) is 0.515. The number of hydrogen-bond donors (Lipinski definition) is 0. The van der Waals surface area contributed by atoms with Gasteiger partial charge in [0.1, 0.15) is 5.52 Å². The molecular formula is C17H11BrN2O. The standard InChI is InChI=1S/C17H11BrN2O/c18-12-8-9-14-16(11-12)19-10-4-7-15(19)17(21)20(14)13-5-2-1-3-6-13/h1-11H. The van der Waals surface area contributed by atoms with E-state index in [4.69, 9.17) is 0 Å². The maximum atomic E-state index is 12.8. The molecule has 0 saturated carbocycles. The second-order valence-corrected chi connectivity index (χ2v) is 5.79. The minimum atomic E-state index is -0.0129. The van der Waals surface area contributed by atoms with Crippen molar-refractivity contribution in [3.8, 4) is 5.69 Å². The van der Waals surface area contributed by atoms with E-state index in [9.17, 15) is 4.79 Å². The molecule has 102 valence electrons. The fourth-order valence-corrected chi connectivity index (χ4v) is 3.05. The predicted octanol–water partition coefficient (Wildman–Crippen LogP) is 4.01. The van der Waals surface area contributed by atoms with Crippen LogP contribution in [0.3, 0.4) is 0 Å². The third kappa shape index (κ3) is 1.83. The Labute approximate surface area is 129 Å². The average Bonchev–Trinajstić information content (AvgIpc) is 2.99. The summed E-state index contributed by atoms with van der Waals surface area (Å²) in [7, 11) is 0. The van der Waals surface area contributed by atoms with Crippen molar-refractivity contribution in [1.29, 1.82) is 0 Å². The molecule has 0 radical (unpaired) electrons. The van der Waals surface area contributed by atoms with Crippen LogP contribution in [0.4, 0.5) is 0 Å². The molecule has 2 aromatic carbocycles. The van der Waals surface area contributed by atoms with Crippen LogP contribution in [0.5, 0.6) is 0 Å². The molecule has 21 heavy (non-hydrogen) atoms. The first-order valence-electron chi connectivity index (χ1n) is 6.62. The molecule has 0 atom stereocenters. The molecule has 0 aliphatic carbocycles. The highest BCUT2D eigenvalue weighted by molar-refractivity contribution is 9.10. The summed E-state index contributed by atoms with van der Waals surface area (Å²) in [5.74, 6) is 0. The Morgan fingerprint density at radius 2 is 1.62 bits per heavy atom. The molecule has 0 saturated heterocycles. The van der Waals surface area contributed by atoms with Gasteiger partial charge in [0.2, 0.25) is 0 Å². The molecule has 0 amide bonds. The summed E-state index contributed by atoms with van der Waals surface area (Å²) < 4.78 is 4.68. The second-order valence-electron chi connectivity index (χ2n) is 4.87. The minimum absolute atomic E-state index is 0.0129. The summed E-state index contributed by atoms with van der Waals surface area (Å²) in [6.45, 7) is 0. The van der Waals surface area contributed by atoms with Crippen molar-refractivity contribution in [2.75, 3.05) is 0 Å². The van der Waals surface area contributed by atoms with Crippen LogP contribution < -0.4 is 5.56 Å². The third-order valence-electron chi connectivity index (χ3n) is 3.62. The summed E-state index contributed by atoms with van der Waals surface area (Å²) >= 11 is 3.51. The van der Waals surface area contributed by atoms with Gasteiger partial charge in [-0.2, -0.15) is 0 Å². The molecule has 0 aliphatic rings. The fourth-order valence-electron chi connectivity index (χ4n) is 2.70. The van der Waals surface area contributed by atoms with Gasteiger partial charge in [0, 0.05) is 16.4 Å². The Hall–Kier alpha value is -2.33. The van der Waals surface area contributed by atoms with Gasteiger partial charge in [0.15, 0.2) is 0 Å². The van der Waals surface area contributed by atoms with Crippen molar-refractivity contribution in [3.63, 3.8) is 0 Å². The summed E-state index contributed by atoms with van der Waals surface area (Å²) in [6.07, 6.45) is 1.92. The molecule has 0 aliphatic heterocycles. The van der Waals surface area contributed by atoms with E-state index in [-0.39, 0.29) is 5.56 Å². The van der Waals surface area contributed by atoms with Gasteiger partial charge in [-0.25, -0.2) is 0 Å². The van der Waals surface area contributed by atoms with Gasteiger partial charge in [-0.1, -0.05) is 34.1 Å². The summed E-state index contributed by atoms with van der Waals surface area (Å²) in [6, 6.07) is 19.4. The molecule has 0 fully saturated rings. The van der Waals surface area contributed by atoms with Gasteiger partial charge < -0.3 is 4.40 Å². The van der Waals surface area contributed by atoms with Crippen LogP contribution in [-0.2, 0) is 0 Å². The Morgan fingerprint density at radius 3 is 2.43 bits per heavy atom. The highest BCUT2D eigenvalue weighted by Crippen LogP contribution is 2.22. The summed E-state index contributed by atoms with van der Waals surface area (Å²) in [5.41, 5.74) is 3.41. The summed E-state index contributed by atoms with van der Waals surface area (Å²) in [5, 5.41) is 0. The lowest BCUT2D eigenvalue weighted by molar-refractivity contribution is 1.02. The van der Waals surface area contributed by atoms with Crippen LogP contribution in [0.2, 0.25) is 0 Å². The first kappa shape index (κ1) is 12.4. The molecule has 2 aromatic heterocycles.